The van der Waals surface area contributed by atoms with Crippen molar-refractivity contribution in [3.63, 3.8) is 0 Å². The molecule has 3 aromatic rings. The minimum atomic E-state index is -3.83. The molecule has 7 nitrogen and oxygen atoms in total. The van der Waals surface area contributed by atoms with E-state index in [9.17, 15) is 13.2 Å². The molecule has 1 amide bonds. The summed E-state index contributed by atoms with van der Waals surface area (Å²) in [4.78, 5) is 22.5. The van der Waals surface area contributed by atoms with Gasteiger partial charge in [0.2, 0.25) is 5.91 Å². The molecule has 4 rings (SSSR count). The Morgan fingerprint density at radius 3 is 2.62 bits per heavy atom. The summed E-state index contributed by atoms with van der Waals surface area (Å²) in [7, 11) is 0.0748. The molecule has 11 heteroatoms. The van der Waals surface area contributed by atoms with Gasteiger partial charge in [-0.3, -0.25) is 9.69 Å². The van der Waals surface area contributed by atoms with Gasteiger partial charge in [-0.05, 0) is 70.1 Å². The lowest BCUT2D eigenvalue weighted by molar-refractivity contribution is -0.123. The van der Waals surface area contributed by atoms with E-state index in [-0.39, 0.29) is 10.1 Å². The molecule has 0 aliphatic carbocycles. The average Bonchev–Trinajstić information content (AvgIpc) is 3.40. The average molecular weight is 541 g/mol. The van der Waals surface area contributed by atoms with Crippen molar-refractivity contribution in [1.82, 2.24) is 14.2 Å². The highest BCUT2D eigenvalue weighted by molar-refractivity contribution is 7.91. The molecule has 0 N–H and O–H groups in total. The third-order valence-electron chi connectivity index (χ3n) is 5.93. The van der Waals surface area contributed by atoms with E-state index in [2.05, 4.69) is 6.07 Å². The van der Waals surface area contributed by atoms with E-state index < -0.39 is 16.1 Å². The molecule has 1 aliphatic heterocycles. The number of aryl methyl sites for hydroxylation is 2. The molecule has 0 spiro atoms. The number of anilines is 1. The molecule has 1 saturated heterocycles. The highest BCUT2D eigenvalue weighted by atomic mass is 35.5. The van der Waals surface area contributed by atoms with E-state index >= 15 is 0 Å². The molecule has 1 unspecified atom stereocenters. The highest BCUT2D eigenvalue weighted by Gasteiger charge is 2.41. The number of piperidine rings is 1. The molecule has 1 aliphatic rings. The standard InChI is InChI=1S/C23H29ClN4O3S3/c1-15-13-16(2)21-17(14-15)25-23(33-21)27(12-11-26(3)4)22(29)18-7-5-6-10-28(18)34(30,31)20-9-8-19(24)32-20/h8-9,13-14,18H,5-7,10-12H2,1-4H3. The van der Waals surface area contributed by atoms with E-state index in [4.69, 9.17) is 16.6 Å². The number of nitrogens with zero attached hydrogens (tertiary/aromatic N) is 4. The highest BCUT2D eigenvalue weighted by Crippen LogP contribution is 2.35. The third-order valence-corrected chi connectivity index (χ3v) is 10.8. The molecule has 3 heterocycles. The second-order valence-corrected chi connectivity index (χ2v) is 13.7. The molecule has 0 bridgehead atoms. The van der Waals surface area contributed by atoms with Gasteiger partial charge in [-0.15, -0.1) is 11.3 Å². The first kappa shape index (κ1) is 25.5. The van der Waals surface area contributed by atoms with Gasteiger partial charge in [0.1, 0.15) is 10.3 Å². The predicted molar refractivity (Wildman–Crippen MR) is 141 cm³/mol. The van der Waals surface area contributed by atoms with Crippen LogP contribution in [0.4, 0.5) is 5.13 Å². The van der Waals surface area contributed by atoms with Crippen molar-refractivity contribution >= 4 is 65.6 Å². The number of hydrogen-bond donors (Lipinski definition) is 0. The zero-order chi connectivity index (χ0) is 24.6. The topological polar surface area (TPSA) is 73.8 Å². The Morgan fingerprint density at radius 2 is 1.94 bits per heavy atom. The smallest absolute Gasteiger partial charge is 0.253 e. The van der Waals surface area contributed by atoms with Crippen LogP contribution in [0.5, 0.6) is 0 Å². The fourth-order valence-electron chi connectivity index (χ4n) is 4.25. The molecule has 1 fully saturated rings. The fourth-order valence-corrected chi connectivity index (χ4v) is 8.56. The first-order valence-electron chi connectivity index (χ1n) is 11.2. The Balaban J connectivity index is 1.72. The Kier molecular flexibility index (Phi) is 7.66. The summed E-state index contributed by atoms with van der Waals surface area (Å²) in [5.41, 5.74) is 3.10. The summed E-state index contributed by atoms with van der Waals surface area (Å²) >= 11 is 8.52. The Labute approximate surface area is 214 Å². The molecule has 0 saturated carbocycles. The lowest BCUT2D eigenvalue weighted by Gasteiger charge is -2.36. The number of carbonyl (C=O) groups excluding carboxylic acids is 1. The minimum absolute atomic E-state index is 0.170. The molecule has 34 heavy (non-hydrogen) atoms. The summed E-state index contributed by atoms with van der Waals surface area (Å²) in [5.74, 6) is -0.221. The van der Waals surface area contributed by atoms with Crippen molar-refractivity contribution in [2.75, 3.05) is 38.6 Å². The van der Waals surface area contributed by atoms with Crippen molar-refractivity contribution < 1.29 is 13.2 Å². The van der Waals surface area contributed by atoms with Gasteiger partial charge in [0.25, 0.3) is 10.0 Å². The summed E-state index contributed by atoms with van der Waals surface area (Å²) in [6, 6.07) is 6.46. The summed E-state index contributed by atoms with van der Waals surface area (Å²) < 4.78 is 29.9. The van der Waals surface area contributed by atoms with Gasteiger partial charge in [-0.1, -0.05) is 35.4 Å². The van der Waals surface area contributed by atoms with Crippen molar-refractivity contribution in [3.05, 3.63) is 39.7 Å². The fraction of sp³-hybridized carbons (Fsp3) is 0.478. The van der Waals surface area contributed by atoms with Gasteiger partial charge in [0.15, 0.2) is 5.13 Å². The number of fused-ring (bicyclic) bond motifs is 1. The van der Waals surface area contributed by atoms with E-state index in [1.807, 2.05) is 38.9 Å². The van der Waals surface area contributed by atoms with E-state index in [0.29, 0.717) is 35.5 Å². The number of aromatic nitrogens is 1. The van der Waals surface area contributed by atoms with Crippen LogP contribution in [0.15, 0.2) is 28.5 Å². The Hall–Kier alpha value is -1.56. The number of thiophene rings is 1. The van der Waals surface area contributed by atoms with Crippen LogP contribution in [0.1, 0.15) is 30.4 Å². The maximum Gasteiger partial charge on any atom is 0.253 e. The van der Waals surface area contributed by atoms with Crippen LogP contribution in [-0.2, 0) is 14.8 Å². The van der Waals surface area contributed by atoms with Crippen molar-refractivity contribution in [1.29, 1.82) is 0 Å². The van der Waals surface area contributed by atoms with Crippen molar-refractivity contribution in [2.45, 2.75) is 43.4 Å². The van der Waals surface area contributed by atoms with Crippen LogP contribution in [0, 0.1) is 13.8 Å². The molecular formula is C23H29ClN4O3S3. The zero-order valence-corrected chi connectivity index (χ0v) is 23.0. The number of rotatable bonds is 7. The van der Waals surface area contributed by atoms with E-state index in [1.165, 1.54) is 21.7 Å². The van der Waals surface area contributed by atoms with Crippen molar-refractivity contribution in [2.24, 2.45) is 0 Å². The Bertz CT molecular complexity index is 1300. The van der Waals surface area contributed by atoms with Gasteiger partial charge < -0.3 is 4.90 Å². The predicted octanol–water partition coefficient (Wildman–Crippen LogP) is 4.77. The molecule has 184 valence electrons. The molecular weight excluding hydrogens is 512 g/mol. The number of amides is 1. The monoisotopic (exact) mass is 540 g/mol. The first-order valence-corrected chi connectivity index (χ1v) is 14.6. The maximum absolute atomic E-state index is 14.0. The van der Waals surface area contributed by atoms with Crippen molar-refractivity contribution in [3.8, 4) is 0 Å². The number of carbonyl (C=O) groups is 1. The largest absolute Gasteiger partial charge is 0.308 e. The van der Waals surface area contributed by atoms with Crippen LogP contribution >= 0.6 is 34.3 Å². The number of sulfonamides is 1. The number of thiazole rings is 1. The van der Waals surface area contributed by atoms with Gasteiger partial charge in [-0.2, -0.15) is 4.31 Å². The van der Waals surface area contributed by atoms with Gasteiger partial charge in [-0.25, -0.2) is 13.4 Å². The lowest BCUT2D eigenvalue weighted by atomic mass is 10.0. The summed E-state index contributed by atoms with van der Waals surface area (Å²) in [5, 5.41) is 0.609. The first-order chi connectivity index (χ1) is 16.1. The summed E-state index contributed by atoms with van der Waals surface area (Å²) in [6.07, 6.45) is 2.01. The van der Waals surface area contributed by atoms with E-state index in [0.717, 1.165) is 45.5 Å². The van der Waals surface area contributed by atoms with Gasteiger partial charge in [0.05, 0.1) is 14.6 Å². The minimum Gasteiger partial charge on any atom is -0.308 e. The van der Waals surface area contributed by atoms with Crippen LogP contribution in [0.3, 0.4) is 0 Å². The molecule has 1 atom stereocenters. The molecule has 1 aromatic carbocycles. The number of benzene rings is 1. The normalized spacial score (nSPS) is 17.5. The molecule has 2 aromatic heterocycles. The quantitative estimate of drug-likeness (QED) is 0.432. The maximum atomic E-state index is 14.0. The Morgan fingerprint density at radius 1 is 1.18 bits per heavy atom. The van der Waals surface area contributed by atoms with Gasteiger partial charge in [0, 0.05) is 19.6 Å². The number of halogens is 1. The second-order valence-electron chi connectivity index (χ2n) is 8.91. The van der Waals surface area contributed by atoms with Crippen LogP contribution in [0.25, 0.3) is 10.2 Å². The van der Waals surface area contributed by atoms with Gasteiger partial charge >= 0.3 is 0 Å². The van der Waals surface area contributed by atoms with Crippen LogP contribution in [0.2, 0.25) is 4.34 Å². The van der Waals surface area contributed by atoms with E-state index in [1.54, 1.807) is 11.0 Å². The SMILES string of the molecule is Cc1cc(C)c2sc(N(CCN(C)C)C(=O)C3CCCCN3S(=O)(=O)c3ccc(Cl)s3)nc2c1. The number of hydrogen-bond acceptors (Lipinski definition) is 7. The molecule has 0 radical (unpaired) electrons. The second kappa shape index (κ2) is 10.2. The lowest BCUT2D eigenvalue weighted by Crippen LogP contribution is -2.53. The van der Waals surface area contributed by atoms with Crippen LogP contribution < -0.4 is 4.90 Å². The van der Waals surface area contributed by atoms with Crippen LogP contribution in [-0.4, -0.2) is 68.3 Å². The zero-order valence-electron chi connectivity index (χ0n) is 19.7. The third kappa shape index (κ3) is 5.17. The summed E-state index contributed by atoms with van der Waals surface area (Å²) in [6.45, 7) is 5.46. The number of likely N-dealkylation sites (N-methyl/N-ethyl adjacent to an activating group) is 1.